The number of benzene rings is 2. The standard InChI is InChI=1S/C20H27N/c1-4-17-11-13-18(14-12-17)15-16(3)20(21-5-2)19-9-7-6-8-10-19/h6-14,16,20-21H,4-5,15H2,1-3H3. The van der Waals surface area contributed by atoms with Crippen molar-refractivity contribution in [3.8, 4) is 0 Å². The van der Waals surface area contributed by atoms with Gasteiger partial charge in [0, 0.05) is 6.04 Å². The van der Waals surface area contributed by atoms with Crippen molar-refractivity contribution in [3.05, 3.63) is 71.3 Å². The Kier molecular flexibility index (Phi) is 6.01. The summed E-state index contributed by atoms with van der Waals surface area (Å²) < 4.78 is 0. The Labute approximate surface area is 129 Å². The number of aryl methyl sites for hydroxylation is 1. The molecule has 0 aromatic heterocycles. The molecule has 2 unspecified atom stereocenters. The van der Waals surface area contributed by atoms with Crippen molar-refractivity contribution < 1.29 is 0 Å². The van der Waals surface area contributed by atoms with Crippen LogP contribution in [-0.4, -0.2) is 6.54 Å². The van der Waals surface area contributed by atoms with Crippen LogP contribution in [0, 0.1) is 5.92 Å². The van der Waals surface area contributed by atoms with Crippen molar-refractivity contribution in [1.29, 1.82) is 0 Å². The SMILES string of the molecule is CCNC(c1ccccc1)C(C)Cc1ccc(CC)cc1. The van der Waals surface area contributed by atoms with Crippen LogP contribution in [-0.2, 0) is 12.8 Å². The largest absolute Gasteiger partial charge is 0.310 e. The molecule has 0 aliphatic heterocycles. The maximum absolute atomic E-state index is 3.64. The first-order chi connectivity index (χ1) is 10.2. The molecule has 2 aromatic rings. The first-order valence-electron chi connectivity index (χ1n) is 8.10. The molecule has 2 atom stereocenters. The van der Waals surface area contributed by atoms with Gasteiger partial charge < -0.3 is 5.32 Å². The van der Waals surface area contributed by atoms with Crippen molar-refractivity contribution in [1.82, 2.24) is 5.32 Å². The Morgan fingerprint density at radius 1 is 0.857 bits per heavy atom. The molecule has 1 heteroatoms. The molecule has 1 nitrogen and oxygen atoms in total. The van der Waals surface area contributed by atoms with E-state index in [1.54, 1.807) is 0 Å². The highest BCUT2D eigenvalue weighted by molar-refractivity contribution is 5.24. The molecule has 0 radical (unpaired) electrons. The molecule has 2 aromatic carbocycles. The molecule has 0 heterocycles. The van der Waals surface area contributed by atoms with Crippen molar-refractivity contribution in [2.24, 2.45) is 5.92 Å². The Bertz CT molecular complexity index is 515. The van der Waals surface area contributed by atoms with Gasteiger partial charge in [0.15, 0.2) is 0 Å². The van der Waals surface area contributed by atoms with Crippen LogP contribution in [0.2, 0.25) is 0 Å². The topological polar surface area (TPSA) is 12.0 Å². The fourth-order valence-corrected chi connectivity index (χ4v) is 2.93. The number of hydrogen-bond acceptors (Lipinski definition) is 1. The van der Waals surface area contributed by atoms with Crippen LogP contribution in [0.3, 0.4) is 0 Å². The van der Waals surface area contributed by atoms with E-state index < -0.39 is 0 Å². The molecule has 2 rings (SSSR count). The van der Waals surface area contributed by atoms with Gasteiger partial charge in [-0.2, -0.15) is 0 Å². The molecule has 1 N–H and O–H groups in total. The molecule has 0 fully saturated rings. The molecule has 112 valence electrons. The maximum atomic E-state index is 3.64. The van der Waals surface area contributed by atoms with E-state index in [1.165, 1.54) is 16.7 Å². The molecule has 0 aliphatic rings. The van der Waals surface area contributed by atoms with Crippen LogP contribution in [0.5, 0.6) is 0 Å². The fraction of sp³-hybridized carbons (Fsp3) is 0.400. The van der Waals surface area contributed by atoms with Crippen LogP contribution in [0.1, 0.15) is 43.5 Å². The first-order valence-corrected chi connectivity index (χ1v) is 8.10. The zero-order valence-electron chi connectivity index (χ0n) is 13.5. The second-order valence-electron chi connectivity index (χ2n) is 5.80. The number of nitrogens with one attached hydrogen (secondary N) is 1. The molecule has 0 amide bonds. The summed E-state index contributed by atoms with van der Waals surface area (Å²) in [7, 11) is 0. The monoisotopic (exact) mass is 281 g/mol. The summed E-state index contributed by atoms with van der Waals surface area (Å²) in [5.74, 6) is 0.569. The first kappa shape index (κ1) is 15.8. The van der Waals surface area contributed by atoms with Crippen molar-refractivity contribution in [3.63, 3.8) is 0 Å². The molecule has 0 saturated carbocycles. The maximum Gasteiger partial charge on any atom is 0.0349 e. The van der Waals surface area contributed by atoms with Gasteiger partial charge in [-0.1, -0.05) is 75.4 Å². The van der Waals surface area contributed by atoms with Crippen molar-refractivity contribution in [2.75, 3.05) is 6.54 Å². The third-order valence-electron chi connectivity index (χ3n) is 4.14. The lowest BCUT2D eigenvalue weighted by molar-refractivity contribution is 0.391. The van der Waals surface area contributed by atoms with Crippen LogP contribution >= 0.6 is 0 Å². The second kappa shape index (κ2) is 7.99. The van der Waals surface area contributed by atoms with Crippen molar-refractivity contribution >= 4 is 0 Å². The minimum atomic E-state index is 0.419. The summed E-state index contributed by atoms with van der Waals surface area (Å²) in [6.07, 6.45) is 2.22. The van der Waals surface area contributed by atoms with Gasteiger partial charge in [0.1, 0.15) is 0 Å². The predicted molar refractivity (Wildman–Crippen MR) is 91.5 cm³/mol. The summed E-state index contributed by atoms with van der Waals surface area (Å²) >= 11 is 0. The molecule has 0 saturated heterocycles. The molecular formula is C20H27N. The highest BCUT2D eigenvalue weighted by Crippen LogP contribution is 2.25. The van der Waals surface area contributed by atoms with E-state index in [0.717, 1.165) is 19.4 Å². The molecule has 0 spiro atoms. The predicted octanol–water partition coefficient (Wildman–Crippen LogP) is 4.78. The minimum Gasteiger partial charge on any atom is -0.310 e. The summed E-state index contributed by atoms with van der Waals surface area (Å²) in [6, 6.07) is 20.3. The van der Waals surface area contributed by atoms with Gasteiger partial charge >= 0.3 is 0 Å². The average molecular weight is 281 g/mol. The Morgan fingerprint density at radius 3 is 2.05 bits per heavy atom. The van der Waals surface area contributed by atoms with E-state index in [4.69, 9.17) is 0 Å². The van der Waals surface area contributed by atoms with Gasteiger partial charge in [0.25, 0.3) is 0 Å². The average Bonchev–Trinajstić information content (AvgIpc) is 2.54. The third kappa shape index (κ3) is 4.44. The fourth-order valence-electron chi connectivity index (χ4n) is 2.93. The summed E-state index contributed by atoms with van der Waals surface area (Å²) in [5, 5.41) is 3.64. The van der Waals surface area contributed by atoms with E-state index in [2.05, 4.69) is 80.7 Å². The third-order valence-corrected chi connectivity index (χ3v) is 4.14. The number of hydrogen-bond donors (Lipinski definition) is 1. The Balaban J connectivity index is 2.09. The van der Waals surface area contributed by atoms with E-state index in [1.807, 2.05) is 0 Å². The minimum absolute atomic E-state index is 0.419. The molecular weight excluding hydrogens is 254 g/mol. The van der Waals surface area contributed by atoms with Gasteiger partial charge in [0.2, 0.25) is 0 Å². The second-order valence-corrected chi connectivity index (χ2v) is 5.80. The van der Waals surface area contributed by atoms with Crippen LogP contribution in [0.25, 0.3) is 0 Å². The van der Waals surface area contributed by atoms with E-state index >= 15 is 0 Å². The quantitative estimate of drug-likeness (QED) is 0.770. The highest BCUT2D eigenvalue weighted by atomic mass is 14.9. The smallest absolute Gasteiger partial charge is 0.0349 e. The zero-order chi connectivity index (χ0) is 15.1. The van der Waals surface area contributed by atoms with E-state index in [-0.39, 0.29) is 0 Å². The molecule has 21 heavy (non-hydrogen) atoms. The van der Waals surface area contributed by atoms with Crippen LogP contribution in [0.15, 0.2) is 54.6 Å². The Hall–Kier alpha value is -1.60. The van der Waals surface area contributed by atoms with Gasteiger partial charge in [-0.05, 0) is 42.0 Å². The van der Waals surface area contributed by atoms with Gasteiger partial charge in [-0.3, -0.25) is 0 Å². The number of rotatable bonds is 7. The van der Waals surface area contributed by atoms with Gasteiger partial charge in [-0.15, -0.1) is 0 Å². The van der Waals surface area contributed by atoms with E-state index in [0.29, 0.717) is 12.0 Å². The van der Waals surface area contributed by atoms with Gasteiger partial charge in [0.05, 0.1) is 0 Å². The zero-order valence-corrected chi connectivity index (χ0v) is 13.5. The summed E-state index contributed by atoms with van der Waals surface area (Å²) in [6.45, 7) is 7.72. The lowest BCUT2D eigenvalue weighted by Crippen LogP contribution is -2.28. The highest BCUT2D eigenvalue weighted by Gasteiger charge is 2.18. The molecule has 0 bridgehead atoms. The van der Waals surface area contributed by atoms with Crippen LogP contribution < -0.4 is 5.32 Å². The van der Waals surface area contributed by atoms with Crippen LogP contribution in [0.4, 0.5) is 0 Å². The summed E-state index contributed by atoms with van der Waals surface area (Å²) in [4.78, 5) is 0. The normalized spacial score (nSPS) is 13.9. The van der Waals surface area contributed by atoms with Crippen molar-refractivity contribution in [2.45, 2.75) is 39.7 Å². The Morgan fingerprint density at radius 2 is 1.48 bits per heavy atom. The van der Waals surface area contributed by atoms with E-state index in [9.17, 15) is 0 Å². The lowest BCUT2D eigenvalue weighted by atomic mass is 9.89. The summed E-state index contributed by atoms with van der Waals surface area (Å²) in [5.41, 5.74) is 4.23. The van der Waals surface area contributed by atoms with Gasteiger partial charge in [-0.25, -0.2) is 0 Å². The lowest BCUT2D eigenvalue weighted by Gasteiger charge is -2.25. The molecule has 0 aliphatic carbocycles.